The summed E-state index contributed by atoms with van der Waals surface area (Å²) in [6.45, 7) is 1.87. The van der Waals surface area contributed by atoms with Crippen LogP contribution in [-0.2, 0) is 6.42 Å². The molecule has 0 fully saturated rings. The van der Waals surface area contributed by atoms with Crippen molar-refractivity contribution in [3.05, 3.63) is 65.0 Å². The van der Waals surface area contributed by atoms with Crippen molar-refractivity contribution in [2.24, 2.45) is 0 Å². The highest BCUT2D eigenvalue weighted by atomic mass is 32.2. The second-order valence-corrected chi connectivity index (χ2v) is 5.38. The Labute approximate surface area is 117 Å². The van der Waals surface area contributed by atoms with Crippen molar-refractivity contribution in [2.75, 3.05) is 6.26 Å². The summed E-state index contributed by atoms with van der Waals surface area (Å²) in [4.78, 5) is 1.08. The van der Waals surface area contributed by atoms with Gasteiger partial charge in [0.15, 0.2) is 0 Å². The van der Waals surface area contributed by atoms with Gasteiger partial charge >= 0.3 is 0 Å². The number of thioether (sulfide) groups is 1. The standard InChI is InChI=1S/C16H17FOS/c1-11-9-13(17)8-7-12(11)10-15(18)14-5-3-4-6-16(14)19-2/h3-9,15,18H,10H2,1-2H3. The fourth-order valence-electron chi connectivity index (χ4n) is 2.15. The summed E-state index contributed by atoms with van der Waals surface area (Å²) in [5, 5.41) is 10.4. The van der Waals surface area contributed by atoms with E-state index in [1.165, 1.54) is 12.1 Å². The first-order valence-electron chi connectivity index (χ1n) is 6.18. The molecule has 0 spiro atoms. The van der Waals surface area contributed by atoms with Gasteiger partial charge in [-0.05, 0) is 48.1 Å². The first-order chi connectivity index (χ1) is 9.11. The van der Waals surface area contributed by atoms with E-state index in [1.807, 2.05) is 37.4 Å². The third-order valence-electron chi connectivity index (χ3n) is 3.22. The summed E-state index contributed by atoms with van der Waals surface area (Å²) in [7, 11) is 0. The van der Waals surface area contributed by atoms with E-state index in [9.17, 15) is 9.50 Å². The third kappa shape index (κ3) is 3.37. The predicted molar refractivity (Wildman–Crippen MR) is 78.0 cm³/mol. The van der Waals surface area contributed by atoms with Crippen LogP contribution in [0.2, 0.25) is 0 Å². The van der Waals surface area contributed by atoms with E-state index in [-0.39, 0.29) is 5.82 Å². The minimum Gasteiger partial charge on any atom is -0.388 e. The molecular weight excluding hydrogens is 259 g/mol. The second-order valence-electron chi connectivity index (χ2n) is 4.53. The van der Waals surface area contributed by atoms with E-state index in [0.29, 0.717) is 6.42 Å². The zero-order valence-corrected chi connectivity index (χ0v) is 11.9. The van der Waals surface area contributed by atoms with Crippen LogP contribution in [0.3, 0.4) is 0 Å². The number of benzene rings is 2. The third-order valence-corrected chi connectivity index (χ3v) is 4.03. The van der Waals surface area contributed by atoms with Gasteiger partial charge in [-0.1, -0.05) is 24.3 Å². The molecule has 0 amide bonds. The van der Waals surface area contributed by atoms with Crippen molar-refractivity contribution in [3.63, 3.8) is 0 Å². The fourth-order valence-corrected chi connectivity index (χ4v) is 2.80. The van der Waals surface area contributed by atoms with E-state index < -0.39 is 6.10 Å². The Balaban J connectivity index is 2.23. The first-order valence-corrected chi connectivity index (χ1v) is 7.40. The van der Waals surface area contributed by atoms with Crippen LogP contribution in [-0.4, -0.2) is 11.4 Å². The normalized spacial score (nSPS) is 12.4. The number of aliphatic hydroxyl groups excluding tert-OH is 1. The zero-order chi connectivity index (χ0) is 13.8. The summed E-state index contributed by atoms with van der Waals surface area (Å²) in [5.41, 5.74) is 2.78. The van der Waals surface area contributed by atoms with Crippen LogP contribution in [0.4, 0.5) is 4.39 Å². The van der Waals surface area contributed by atoms with Crippen molar-refractivity contribution in [1.82, 2.24) is 0 Å². The summed E-state index contributed by atoms with van der Waals surface area (Å²) < 4.78 is 13.1. The highest BCUT2D eigenvalue weighted by Gasteiger charge is 2.13. The molecule has 0 saturated carbocycles. The smallest absolute Gasteiger partial charge is 0.123 e. The molecule has 0 aliphatic rings. The summed E-state index contributed by atoms with van der Waals surface area (Å²) >= 11 is 1.62. The Kier molecular flexibility index (Phi) is 4.61. The lowest BCUT2D eigenvalue weighted by molar-refractivity contribution is 0.175. The average Bonchev–Trinajstić information content (AvgIpc) is 2.41. The van der Waals surface area contributed by atoms with Crippen LogP contribution >= 0.6 is 11.8 Å². The highest BCUT2D eigenvalue weighted by molar-refractivity contribution is 7.98. The van der Waals surface area contributed by atoms with Crippen molar-refractivity contribution >= 4 is 11.8 Å². The zero-order valence-electron chi connectivity index (χ0n) is 11.1. The van der Waals surface area contributed by atoms with Crippen molar-refractivity contribution in [1.29, 1.82) is 0 Å². The van der Waals surface area contributed by atoms with Gasteiger partial charge in [0.25, 0.3) is 0 Å². The van der Waals surface area contributed by atoms with Crippen LogP contribution in [0.25, 0.3) is 0 Å². The molecule has 0 saturated heterocycles. The van der Waals surface area contributed by atoms with Crippen LogP contribution < -0.4 is 0 Å². The Bertz CT molecular complexity index is 568. The van der Waals surface area contributed by atoms with Crippen LogP contribution in [0.1, 0.15) is 22.8 Å². The molecule has 2 aromatic carbocycles. The Morgan fingerprint density at radius 2 is 1.95 bits per heavy atom. The maximum absolute atomic E-state index is 13.1. The Morgan fingerprint density at radius 1 is 1.21 bits per heavy atom. The van der Waals surface area contributed by atoms with Gasteiger partial charge in [-0.25, -0.2) is 4.39 Å². The van der Waals surface area contributed by atoms with E-state index >= 15 is 0 Å². The number of rotatable bonds is 4. The molecule has 0 radical (unpaired) electrons. The second kappa shape index (κ2) is 6.22. The minimum atomic E-state index is -0.562. The number of hydrogen-bond acceptors (Lipinski definition) is 2. The summed E-state index contributed by atoms with van der Waals surface area (Å²) in [6, 6.07) is 12.5. The molecule has 3 heteroatoms. The van der Waals surface area contributed by atoms with E-state index in [2.05, 4.69) is 0 Å². The molecule has 2 rings (SSSR count). The van der Waals surface area contributed by atoms with E-state index in [1.54, 1.807) is 17.8 Å². The van der Waals surface area contributed by atoms with Crippen LogP contribution in [0.15, 0.2) is 47.4 Å². The molecule has 0 heterocycles. The van der Waals surface area contributed by atoms with Crippen molar-refractivity contribution < 1.29 is 9.50 Å². The Hall–Kier alpha value is -1.32. The van der Waals surface area contributed by atoms with Gasteiger partial charge < -0.3 is 5.11 Å². The summed E-state index contributed by atoms with van der Waals surface area (Å²) in [5.74, 6) is -0.236. The largest absolute Gasteiger partial charge is 0.388 e. The molecule has 2 aromatic rings. The average molecular weight is 276 g/mol. The molecule has 1 N–H and O–H groups in total. The van der Waals surface area contributed by atoms with Gasteiger partial charge in [-0.2, -0.15) is 0 Å². The molecule has 0 aromatic heterocycles. The quantitative estimate of drug-likeness (QED) is 0.847. The molecule has 1 nitrogen and oxygen atoms in total. The van der Waals surface area contributed by atoms with E-state index in [4.69, 9.17) is 0 Å². The molecule has 0 aliphatic heterocycles. The van der Waals surface area contributed by atoms with Crippen LogP contribution in [0, 0.1) is 12.7 Å². The van der Waals surface area contributed by atoms with Gasteiger partial charge in [0, 0.05) is 11.3 Å². The molecule has 1 atom stereocenters. The van der Waals surface area contributed by atoms with Crippen molar-refractivity contribution in [3.8, 4) is 0 Å². The molecule has 0 bridgehead atoms. The maximum atomic E-state index is 13.1. The molecule has 100 valence electrons. The van der Waals surface area contributed by atoms with Gasteiger partial charge in [-0.15, -0.1) is 11.8 Å². The highest BCUT2D eigenvalue weighted by Crippen LogP contribution is 2.28. The number of hydrogen-bond donors (Lipinski definition) is 1. The van der Waals surface area contributed by atoms with Gasteiger partial charge in [0.2, 0.25) is 0 Å². The number of halogens is 1. The maximum Gasteiger partial charge on any atom is 0.123 e. The van der Waals surface area contributed by atoms with Gasteiger partial charge in [-0.3, -0.25) is 0 Å². The molecular formula is C16H17FOS. The van der Waals surface area contributed by atoms with Crippen molar-refractivity contribution in [2.45, 2.75) is 24.3 Å². The summed E-state index contributed by atoms with van der Waals surface area (Å²) in [6.07, 6.45) is 1.94. The molecule has 0 aliphatic carbocycles. The monoisotopic (exact) mass is 276 g/mol. The molecule has 19 heavy (non-hydrogen) atoms. The fraction of sp³-hybridized carbons (Fsp3) is 0.250. The number of aliphatic hydroxyl groups is 1. The van der Waals surface area contributed by atoms with Crippen LogP contribution in [0.5, 0.6) is 0 Å². The number of aryl methyl sites for hydroxylation is 1. The molecule has 1 unspecified atom stereocenters. The predicted octanol–water partition coefficient (Wildman–Crippen LogP) is 4.13. The lowest BCUT2D eigenvalue weighted by Crippen LogP contribution is -2.04. The lowest BCUT2D eigenvalue weighted by atomic mass is 9.98. The minimum absolute atomic E-state index is 0.236. The topological polar surface area (TPSA) is 20.2 Å². The SMILES string of the molecule is CSc1ccccc1C(O)Cc1ccc(F)cc1C. The Morgan fingerprint density at radius 3 is 2.63 bits per heavy atom. The van der Waals surface area contributed by atoms with Gasteiger partial charge in [0.1, 0.15) is 5.82 Å². The first kappa shape index (κ1) is 14.1. The van der Waals surface area contributed by atoms with E-state index in [0.717, 1.165) is 21.6 Å². The lowest BCUT2D eigenvalue weighted by Gasteiger charge is -2.15. The van der Waals surface area contributed by atoms with Gasteiger partial charge in [0.05, 0.1) is 6.10 Å².